The molecule has 0 radical (unpaired) electrons. The molecule has 0 unspecified atom stereocenters. The van der Waals surface area contributed by atoms with Crippen LogP contribution in [-0.2, 0) is 9.84 Å². The van der Waals surface area contributed by atoms with Gasteiger partial charge in [-0.2, -0.15) is 0 Å². The van der Waals surface area contributed by atoms with Gasteiger partial charge in [-0.3, -0.25) is 0 Å². The maximum absolute atomic E-state index is 13.4. The highest BCUT2D eigenvalue weighted by Crippen LogP contribution is 2.19. The first-order valence-electron chi connectivity index (χ1n) is 4.33. The van der Waals surface area contributed by atoms with E-state index in [9.17, 15) is 17.6 Å². The van der Waals surface area contributed by atoms with E-state index in [2.05, 4.69) is 6.58 Å². The Morgan fingerprint density at radius 3 is 2.47 bits per heavy atom. The quantitative estimate of drug-likeness (QED) is 0.915. The molecule has 7 heteroatoms. The van der Waals surface area contributed by atoms with Crippen LogP contribution in [0.2, 0.25) is 0 Å². The van der Waals surface area contributed by atoms with Crippen LogP contribution in [-0.4, -0.2) is 25.2 Å². The van der Waals surface area contributed by atoms with Crippen molar-refractivity contribution in [3.05, 3.63) is 41.2 Å². The van der Waals surface area contributed by atoms with E-state index in [1.807, 2.05) is 0 Å². The summed E-state index contributed by atoms with van der Waals surface area (Å²) in [4.78, 5) is 9.95. The Labute approximate surface area is 102 Å². The lowest BCUT2D eigenvalue weighted by Gasteiger charge is -2.05. The highest BCUT2D eigenvalue weighted by molar-refractivity contribution is 7.91. The molecule has 0 fully saturated rings. The molecule has 4 nitrogen and oxygen atoms in total. The fraction of sp³-hybridized carbons (Fsp3) is 0.100. The Hall–Kier alpha value is -1.40. The van der Waals surface area contributed by atoms with Crippen LogP contribution in [0.15, 0.2) is 34.7 Å². The monoisotopic (exact) mass is 278 g/mol. The van der Waals surface area contributed by atoms with Crippen molar-refractivity contribution in [2.45, 2.75) is 4.90 Å². The third-order valence-electron chi connectivity index (χ3n) is 1.86. The normalized spacial score (nSPS) is 11.2. The van der Waals surface area contributed by atoms with E-state index >= 15 is 0 Å². The van der Waals surface area contributed by atoms with E-state index in [1.165, 1.54) is 0 Å². The van der Waals surface area contributed by atoms with Crippen molar-refractivity contribution >= 4 is 27.4 Å². The molecule has 0 heterocycles. The molecule has 0 spiro atoms. The highest BCUT2D eigenvalue weighted by atomic mass is 35.5. The number of hydrogen-bond donors (Lipinski definition) is 1. The zero-order chi connectivity index (χ0) is 13.2. The fourth-order valence-electron chi connectivity index (χ4n) is 1.17. The number of carboxylic acids is 1. The lowest BCUT2D eigenvalue weighted by atomic mass is 10.2. The zero-order valence-corrected chi connectivity index (χ0v) is 10.1. The van der Waals surface area contributed by atoms with Crippen molar-refractivity contribution in [1.82, 2.24) is 0 Å². The molecule has 0 amide bonds. The summed E-state index contributed by atoms with van der Waals surface area (Å²) >= 11 is 5.36. The lowest BCUT2D eigenvalue weighted by Crippen LogP contribution is -2.10. The van der Waals surface area contributed by atoms with Gasteiger partial charge in [-0.1, -0.05) is 18.2 Å². The van der Waals surface area contributed by atoms with Crippen LogP contribution >= 0.6 is 11.6 Å². The number of carbonyl (C=O) groups is 1. The lowest BCUT2D eigenvalue weighted by molar-refractivity contribution is 0.0696. The summed E-state index contributed by atoms with van der Waals surface area (Å²) in [5, 5.41) is 8.45. The Kier molecular flexibility index (Phi) is 3.90. The molecule has 0 aliphatic carbocycles. The first kappa shape index (κ1) is 13.7. The molecular formula is C10H8ClFO4S. The second-order valence-corrected chi connectivity index (χ2v) is 5.72. The van der Waals surface area contributed by atoms with Gasteiger partial charge in [-0.25, -0.2) is 17.6 Å². The Morgan fingerprint density at radius 1 is 1.47 bits per heavy atom. The summed E-state index contributed by atoms with van der Waals surface area (Å²) in [5.74, 6) is -3.06. The molecule has 1 aromatic rings. The number of rotatable bonds is 4. The second kappa shape index (κ2) is 4.85. The predicted molar refractivity (Wildman–Crippen MR) is 60.4 cm³/mol. The van der Waals surface area contributed by atoms with E-state index in [4.69, 9.17) is 16.7 Å². The van der Waals surface area contributed by atoms with Crippen LogP contribution in [0.5, 0.6) is 0 Å². The SMILES string of the molecule is C=C(Cl)CS(=O)(=O)c1ccc(C(=O)O)cc1F. The standard InChI is InChI=1S/C10H8ClFO4S/c1-6(11)5-17(15,16)9-3-2-7(10(13)14)4-8(9)12/h2-4H,1,5H2,(H,13,14). The minimum Gasteiger partial charge on any atom is -0.478 e. The summed E-state index contributed by atoms with van der Waals surface area (Å²) in [6, 6.07) is 2.55. The summed E-state index contributed by atoms with van der Waals surface area (Å²) in [6.45, 7) is 3.21. The molecular weight excluding hydrogens is 271 g/mol. The Balaban J connectivity index is 3.25. The van der Waals surface area contributed by atoms with Crippen LogP contribution in [0.4, 0.5) is 4.39 Å². The number of halogens is 2. The van der Waals surface area contributed by atoms with Crippen molar-refractivity contribution < 1.29 is 22.7 Å². The molecule has 17 heavy (non-hydrogen) atoms. The van der Waals surface area contributed by atoms with Crippen molar-refractivity contribution in [2.24, 2.45) is 0 Å². The van der Waals surface area contributed by atoms with Gasteiger partial charge in [0, 0.05) is 5.03 Å². The van der Waals surface area contributed by atoms with Crippen molar-refractivity contribution in [3.63, 3.8) is 0 Å². The third kappa shape index (κ3) is 3.28. The van der Waals surface area contributed by atoms with Gasteiger partial charge in [0.1, 0.15) is 10.7 Å². The third-order valence-corrected chi connectivity index (χ3v) is 3.88. The molecule has 0 aliphatic rings. The summed E-state index contributed by atoms with van der Waals surface area (Å²) in [7, 11) is -3.93. The van der Waals surface area contributed by atoms with Crippen LogP contribution in [0.3, 0.4) is 0 Å². The van der Waals surface area contributed by atoms with Gasteiger partial charge in [-0.05, 0) is 18.2 Å². The van der Waals surface area contributed by atoms with Gasteiger partial charge in [0.05, 0.1) is 11.3 Å². The maximum atomic E-state index is 13.4. The van der Waals surface area contributed by atoms with E-state index in [0.29, 0.717) is 6.07 Å². The van der Waals surface area contributed by atoms with Gasteiger partial charge in [0.2, 0.25) is 0 Å². The number of aromatic carboxylic acids is 1. The van der Waals surface area contributed by atoms with Gasteiger partial charge in [-0.15, -0.1) is 0 Å². The van der Waals surface area contributed by atoms with Crippen molar-refractivity contribution in [3.8, 4) is 0 Å². The summed E-state index contributed by atoms with van der Waals surface area (Å²) in [6.07, 6.45) is 0. The molecule has 0 aliphatic heterocycles. The van der Waals surface area contributed by atoms with E-state index in [1.54, 1.807) is 0 Å². The second-order valence-electron chi connectivity index (χ2n) is 3.23. The van der Waals surface area contributed by atoms with Crippen LogP contribution in [0.1, 0.15) is 10.4 Å². The van der Waals surface area contributed by atoms with Gasteiger partial charge in [0.25, 0.3) is 0 Å². The maximum Gasteiger partial charge on any atom is 0.335 e. The minimum absolute atomic E-state index is 0.147. The summed E-state index contributed by atoms with van der Waals surface area (Å²) < 4.78 is 36.7. The number of sulfone groups is 1. The smallest absolute Gasteiger partial charge is 0.335 e. The van der Waals surface area contributed by atoms with E-state index in [0.717, 1.165) is 12.1 Å². The van der Waals surface area contributed by atoms with Gasteiger partial charge >= 0.3 is 5.97 Å². The molecule has 1 rings (SSSR count). The largest absolute Gasteiger partial charge is 0.478 e. The topological polar surface area (TPSA) is 71.4 Å². The molecule has 1 N–H and O–H groups in total. The molecule has 1 aromatic carbocycles. The minimum atomic E-state index is -3.93. The molecule has 0 saturated carbocycles. The van der Waals surface area contributed by atoms with Crippen LogP contribution < -0.4 is 0 Å². The average molecular weight is 279 g/mol. The van der Waals surface area contributed by atoms with Crippen LogP contribution in [0, 0.1) is 5.82 Å². The van der Waals surface area contributed by atoms with Gasteiger partial charge < -0.3 is 5.11 Å². The Morgan fingerprint density at radius 2 is 2.06 bits per heavy atom. The number of hydrogen-bond acceptors (Lipinski definition) is 3. The summed E-state index contributed by atoms with van der Waals surface area (Å²) in [5.41, 5.74) is -0.328. The highest BCUT2D eigenvalue weighted by Gasteiger charge is 2.21. The van der Waals surface area contributed by atoms with Crippen molar-refractivity contribution in [1.29, 1.82) is 0 Å². The predicted octanol–water partition coefficient (Wildman–Crippen LogP) is 2.05. The molecule has 0 atom stereocenters. The van der Waals surface area contributed by atoms with Crippen LogP contribution in [0.25, 0.3) is 0 Å². The first-order chi connectivity index (χ1) is 7.74. The molecule has 0 saturated heterocycles. The molecule has 0 aromatic heterocycles. The van der Waals surface area contributed by atoms with E-state index < -0.39 is 32.3 Å². The number of carboxylic acid groups (broad SMARTS) is 1. The van der Waals surface area contributed by atoms with Crippen molar-refractivity contribution in [2.75, 3.05) is 5.75 Å². The average Bonchev–Trinajstić information content (AvgIpc) is 2.14. The van der Waals surface area contributed by atoms with E-state index in [-0.39, 0.29) is 10.6 Å². The zero-order valence-electron chi connectivity index (χ0n) is 8.48. The number of benzene rings is 1. The fourth-order valence-corrected chi connectivity index (χ4v) is 2.80. The Bertz CT molecular complexity index is 580. The molecule has 0 bridgehead atoms. The molecule has 92 valence electrons. The van der Waals surface area contributed by atoms with Gasteiger partial charge in [0.15, 0.2) is 9.84 Å². The first-order valence-corrected chi connectivity index (χ1v) is 6.36.